The van der Waals surface area contributed by atoms with Crippen LogP contribution >= 0.6 is 0 Å². The van der Waals surface area contributed by atoms with Gasteiger partial charge in [-0.2, -0.15) is 0 Å². The van der Waals surface area contributed by atoms with Gasteiger partial charge in [0.2, 0.25) is 0 Å². The van der Waals surface area contributed by atoms with Crippen molar-refractivity contribution >= 4 is 6.09 Å². The van der Waals surface area contributed by atoms with Gasteiger partial charge in [0.25, 0.3) is 0 Å². The molecule has 0 saturated carbocycles. The molecular weight excluding hydrogens is 180 g/mol. The number of hydrogen-bond acceptors (Lipinski definition) is 2. The van der Waals surface area contributed by atoms with Crippen LogP contribution in [-0.4, -0.2) is 42.3 Å². The quantitative estimate of drug-likeness (QED) is 0.712. The van der Waals surface area contributed by atoms with Crippen molar-refractivity contribution in [2.75, 3.05) is 20.6 Å². The van der Waals surface area contributed by atoms with Crippen molar-refractivity contribution in [1.82, 2.24) is 10.2 Å². The maximum absolute atomic E-state index is 10.8. The van der Waals surface area contributed by atoms with Crippen LogP contribution in [0.5, 0.6) is 0 Å². The number of hydrogen-bond donors (Lipinski definition) is 2. The minimum atomic E-state index is -0.869. The Bertz CT molecular complexity index is 193. The molecule has 4 nitrogen and oxygen atoms in total. The first-order valence-corrected chi connectivity index (χ1v) is 4.95. The summed E-state index contributed by atoms with van der Waals surface area (Å²) in [7, 11) is 3.53. The van der Waals surface area contributed by atoms with Crippen LogP contribution in [0.4, 0.5) is 4.79 Å². The van der Waals surface area contributed by atoms with Crippen LogP contribution in [0, 0.1) is 5.92 Å². The molecule has 0 bridgehead atoms. The van der Waals surface area contributed by atoms with Crippen molar-refractivity contribution in [3.8, 4) is 0 Å². The molecule has 1 atom stereocenters. The summed E-state index contributed by atoms with van der Waals surface area (Å²) in [4.78, 5) is 12.2. The Morgan fingerprint density at radius 3 is 2.43 bits per heavy atom. The summed E-state index contributed by atoms with van der Waals surface area (Å²) in [5, 5.41) is 12.0. The molecule has 0 spiro atoms. The zero-order chi connectivity index (χ0) is 11.4. The smallest absolute Gasteiger partial charge is 0.407 e. The number of carboxylic acid groups (broad SMARTS) is 1. The zero-order valence-electron chi connectivity index (χ0n) is 9.79. The lowest BCUT2D eigenvalue weighted by atomic mass is 9.85. The fourth-order valence-corrected chi connectivity index (χ4v) is 1.29. The predicted octanol–water partition coefficient (Wildman–Crippen LogP) is 1.62. The Morgan fingerprint density at radius 2 is 2.07 bits per heavy atom. The van der Waals surface area contributed by atoms with E-state index in [0.717, 1.165) is 13.0 Å². The molecule has 0 rings (SSSR count). The lowest BCUT2D eigenvalue weighted by molar-refractivity contribution is 0.0788. The fraction of sp³-hybridized carbons (Fsp3) is 0.900. The molecule has 2 N–H and O–H groups in total. The highest BCUT2D eigenvalue weighted by Crippen LogP contribution is 2.25. The zero-order valence-corrected chi connectivity index (χ0v) is 9.79. The van der Waals surface area contributed by atoms with Crippen LogP contribution in [0.25, 0.3) is 0 Å². The number of rotatable bonds is 5. The van der Waals surface area contributed by atoms with Crippen molar-refractivity contribution in [1.29, 1.82) is 0 Å². The molecule has 1 amide bonds. The number of amides is 1. The molecule has 0 aromatic rings. The predicted molar refractivity (Wildman–Crippen MR) is 57.6 cm³/mol. The van der Waals surface area contributed by atoms with E-state index in [-0.39, 0.29) is 5.54 Å². The molecule has 0 aliphatic carbocycles. The molecule has 0 radical (unpaired) electrons. The van der Waals surface area contributed by atoms with Gasteiger partial charge in [-0.15, -0.1) is 0 Å². The van der Waals surface area contributed by atoms with Gasteiger partial charge in [-0.25, -0.2) is 4.79 Å². The monoisotopic (exact) mass is 202 g/mol. The average Bonchev–Trinajstić information content (AvgIpc) is 2.12. The third-order valence-electron chi connectivity index (χ3n) is 3.18. The van der Waals surface area contributed by atoms with Gasteiger partial charge in [0.1, 0.15) is 0 Å². The highest BCUT2D eigenvalue weighted by atomic mass is 16.4. The Morgan fingerprint density at radius 1 is 1.57 bits per heavy atom. The summed E-state index contributed by atoms with van der Waals surface area (Å²) in [6, 6.07) is 0. The van der Waals surface area contributed by atoms with Gasteiger partial charge < -0.3 is 15.3 Å². The van der Waals surface area contributed by atoms with Gasteiger partial charge in [-0.1, -0.05) is 6.92 Å². The van der Waals surface area contributed by atoms with Crippen molar-refractivity contribution in [2.24, 2.45) is 5.92 Å². The maximum Gasteiger partial charge on any atom is 0.407 e. The SMILES string of the molecule is CNCCC(C)C(C)(C)N(C)C(=O)O. The second kappa shape index (κ2) is 5.20. The standard InChI is InChI=1S/C10H22N2O2/c1-8(6-7-11-4)10(2,3)12(5)9(13)14/h8,11H,6-7H2,1-5H3,(H,13,14). The van der Waals surface area contributed by atoms with Crippen LogP contribution in [-0.2, 0) is 0 Å². The van der Waals surface area contributed by atoms with Crippen molar-refractivity contribution in [3.05, 3.63) is 0 Å². The normalized spacial score (nSPS) is 13.8. The maximum atomic E-state index is 10.8. The van der Waals surface area contributed by atoms with E-state index in [1.807, 2.05) is 20.9 Å². The van der Waals surface area contributed by atoms with Gasteiger partial charge in [-0.3, -0.25) is 0 Å². The summed E-state index contributed by atoms with van der Waals surface area (Å²) >= 11 is 0. The van der Waals surface area contributed by atoms with E-state index in [1.165, 1.54) is 4.90 Å². The second-order valence-corrected chi connectivity index (χ2v) is 4.29. The Balaban J connectivity index is 4.35. The molecular formula is C10H22N2O2. The Kier molecular flexibility index (Phi) is 4.91. The highest BCUT2D eigenvalue weighted by Gasteiger charge is 2.32. The van der Waals surface area contributed by atoms with E-state index in [9.17, 15) is 4.79 Å². The van der Waals surface area contributed by atoms with Gasteiger partial charge in [0.15, 0.2) is 0 Å². The van der Waals surface area contributed by atoms with Crippen LogP contribution in [0.2, 0.25) is 0 Å². The molecule has 14 heavy (non-hydrogen) atoms. The van der Waals surface area contributed by atoms with E-state index in [1.54, 1.807) is 7.05 Å². The second-order valence-electron chi connectivity index (χ2n) is 4.29. The molecule has 0 aliphatic rings. The van der Waals surface area contributed by atoms with Crippen LogP contribution in [0.3, 0.4) is 0 Å². The molecule has 0 saturated heterocycles. The molecule has 0 aliphatic heterocycles. The number of carbonyl (C=O) groups is 1. The molecule has 4 heteroatoms. The molecule has 0 fully saturated rings. The van der Waals surface area contributed by atoms with E-state index in [0.29, 0.717) is 5.92 Å². The Labute approximate surface area is 86.3 Å². The summed E-state index contributed by atoms with van der Waals surface area (Å²) in [5.41, 5.74) is -0.317. The topological polar surface area (TPSA) is 52.6 Å². The van der Waals surface area contributed by atoms with E-state index >= 15 is 0 Å². The summed E-state index contributed by atoms with van der Waals surface area (Å²) in [6.07, 6.45) is 0.104. The molecule has 1 unspecified atom stereocenters. The molecule has 84 valence electrons. The third-order valence-corrected chi connectivity index (χ3v) is 3.18. The first-order chi connectivity index (χ1) is 6.34. The Hall–Kier alpha value is -0.770. The van der Waals surface area contributed by atoms with Crippen molar-refractivity contribution < 1.29 is 9.90 Å². The third kappa shape index (κ3) is 3.18. The van der Waals surface area contributed by atoms with E-state index in [4.69, 9.17) is 5.11 Å². The summed E-state index contributed by atoms with van der Waals surface area (Å²) in [5.74, 6) is 0.330. The lowest BCUT2D eigenvalue weighted by Crippen LogP contribution is -2.49. The van der Waals surface area contributed by atoms with E-state index in [2.05, 4.69) is 12.2 Å². The molecule has 0 heterocycles. The van der Waals surface area contributed by atoms with Gasteiger partial charge in [0.05, 0.1) is 0 Å². The first kappa shape index (κ1) is 13.2. The fourth-order valence-electron chi connectivity index (χ4n) is 1.29. The first-order valence-electron chi connectivity index (χ1n) is 4.95. The minimum Gasteiger partial charge on any atom is -0.465 e. The van der Waals surface area contributed by atoms with Gasteiger partial charge in [-0.05, 0) is 39.8 Å². The van der Waals surface area contributed by atoms with Gasteiger partial charge in [0, 0.05) is 12.6 Å². The van der Waals surface area contributed by atoms with Crippen molar-refractivity contribution in [3.63, 3.8) is 0 Å². The average molecular weight is 202 g/mol. The van der Waals surface area contributed by atoms with E-state index < -0.39 is 6.09 Å². The van der Waals surface area contributed by atoms with Crippen LogP contribution < -0.4 is 5.32 Å². The number of nitrogens with one attached hydrogen (secondary N) is 1. The summed E-state index contributed by atoms with van der Waals surface area (Å²) in [6.45, 7) is 6.91. The molecule has 0 aromatic carbocycles. The number of nitrogens with zero attached hydrogens (tertiary/aromatic N) is 1. The largest absolute Gasteiger partial charge is 0.465 e. The van der Waals surface area contributed by atoms with Crippen LogP contribution in [0.1, 0.15) is 27.2 Å². The highest BCUT2D eigenvalue weighted by molar-refractivity contribution is 5.65. The summed E-state index contributed by atoms with van der Waals surface area (Å²) < 4.78 is 0. The molecule has 0 aromatic heterocycles. The minimum absolute atomic E-state index is 0.317. The van der Waals surface area contributed by atoms with Gasteiger partial charge >= 0.3 is 6.09 Å². The lowest BCUT2D eigenvalue weighted by Gasteiger charge is -2.39. The van der Waals surface area contributed by atoms with Crippen molar-refractivity contribution in [2.45, 2.75) is 32.7 Å². The van der Waals surface area contributed by atoms with Crippen LogP contribution in [0.15, 0.2) is 0 Å².